The van der Waals surface area contributed by atoms with Crippen molar-refractivity contribution in [2.45, 2.75) is 90.8 Å². The summed E-state index contributed by atoms with van der Waals surface area (Å²) in [5, 5.41) is 13.2. The summed E-state index contributed by atoms with van der Waals surface area (Å²) in [5.74, 6) is 1.30. The lowest BCUT2D eigenvalue weighted by molar-refractivity contribution is -0.118. The second-order valence-electron chi connectivity index (χ2n) is 12.7. The van der Waals surface area contributed by atoms with E-state index in [0.29, 0.717) is 5.92 Å². The molecule has 1 unspecified atom stereocenters. The third-order valence-electron chi connectivity index (χ3n) is 9.26. The molecule has 0 saturated heterocycles. The van der Waals surface area contributed by atoms with Crippen LogP contribution in [0.15, 0.2) is 66.7 Å². The van der Waals surface area contributed by atoms with E-state index < -0.39 is 0 Å². The number of hydrogen-bond acceptors (Lipinski definition) is 5. The summed E-state index contributed by atoms with van der Waals surface area (Å²) in [6.45, 7) is 8.28. The maximum Gasteiger partial charge on any atom is 0.219 e. The van der Waals surface area contributed by atoms with Gasteiger partial charge < -0.3 is 25.6 Å². The van der Waals surface area contributed by atoms with Gasteiger partial charge in [0.15, 0.2) is 0 Å². The number of nitrogens with zero attached hydrogens (tertiary/aromatic N) is 3. The number of primary amides is 1. The SMILES string of the molecule is CCCN(CCC)c1ccc(-c2nc3cc(C(CC(N)=O)NCC4CCCCC4)ccc3n2CCc2ccc(CO)cc2)cc1. The number of nitrogens with two attached hydrogens (primary N) is 1. The Hall–Kier alpha value is -3.68. The number of aliphatic hydroxyl groups excluding tert-OH is 1. The van der Waals surface area contributed by atoms with Crippen molar-refractivity contribution in [3.05, 3.63) is 83.4 Å². The molecule has 240 valence electrons. The molecule has 0 radical (unpaired) electrons. The van der Waals surface area contributed by atoms with Crippen LogP contribution in [0.5, 0.6) is 0 Å². The molecule has 0 bridgehead atoms. The van der Waals surface area contributed by atoms with Crippen molar-refractivity contribution < 1.29 is 9.90 Å². The number of fused-ring (bicyclic) bond motifs is 1. The molecule has 4 aromatic rings. The van der Waals surface area contributed by atoms with Crippen LogP contribution in [-0.4, -0.2) is 40.2 Å². The largest absolute Gasteiger partial charge is 0.392 e. The molecular formula is C38H51N5O2. The van der Waals surface area contributed by atoms with Crippen LogP contribution in [0.3, 0.4) is 0 Å². The molecule has 0 spiro atoms. The molecule has 1 atom stereocenters. The van der Waals surface area contributed by atoms with E-state index in [1.54, 1.807) is 0 Å². The first-order valence-corrected chi connectivity index (χ1v) is 17.0. The number of nitrogens with one attached hydrogen (secondary N) is 1. The van der Waals surface area contributed by atoms with Crippen LogP contribution in [0.25, 0.3) is 22.4 Å². The van der Waals surface area contributed by atoms with E-state index in [2.05, 4.69) is 83.2 Å². The Balaban J connectivity index is 1.47. The topological polar surface area (TPSA) is 96.4 Å². The summed E-state index contributed by atoms with van der Waals surface area (Å²) in [6, 6.07) is 23.3. The van der Waals surface area contributed by atoms with Crippen LogP contribution < -0.4 is 16.0 Å². The molecule has 1 aliphatic rings. The van der Waals surface area contributed by atoms with Gasteiger partial charge >= 0.3 is 0 Å². The van der Waals surface area contributed by atoms with Gasteiger partial charge in [0.05, 0.1) is 17.6 Å². The van der Waals surface area contributed by atoms with Crippen molar-refractivity contribution in [3.63, 3.8) is 0 Å². The fourth-order valence-electron chi connectivity index (χ4n) is 6.80. The summed E-state index contributed by atoms with van der Waals surface area (Å²) in [4.78, 5) is 19.8. The van der Waals surface area contributed by atoms with Crippen LogP contribution in [0.2, 0.25) is 0 Å². The standard InChI is InChI=1S/C38H51N5O2/c1-3-21-42(22-4-2)33-17-14-31(15-18-33)38-41-35-24-32(34(25-37(39)45)40-26-29-8-6-5-7-9-29)16-19-36(35)43(38)23-20-28-10-12-30(27-44)13-11-28/h10-19,24,29,34,40,44H,3-9,20-23,25-27H2,1-2H3,(H2,39,45). The summed E-state index contributed by atoms with van der Waals surface area (Å²) in [7, 11) is 0. The van der Waals surface area contributed by atoms with Gasteiger partial charge in [0.2, 0.25) is 5.91 Å². The van der Waals surface area contributed by atoms with E-state index >= 15 is 0 Å². The molecule has 1 aliphatic carbocycles. The molecular weight excluding hydrogens is 558 g/mol. The number of imidazole rings is 1. The van der Waals surface area contributed by atoms with E-state index in [1.807, 2.05) is 12.1 Å². The summed E-state index contributed by atoms with van der Waals surface area (Å²) in [5.41, 5.74) is 13.3. The van der Waals surface area contributed by atoms with E-state index in [4.69, 9.17) is 10.7 Å². The number of carbonyl (C=O) groups is 1. The van der Waals surface area contributed by atoms with Crippen molar-refractivity contribution in [1.29, 1.82) is 0 Å². The summed E-state index contributed by atoms with van der Waals surface area (Å²) >= 11 is 0. The zero-order chi connectivity index (χ0) is 31.6. The molecule has 1 saturated carbocycles. The predicted octanol–water partition coefficient (Wildman–Crippen LogP) is 7.15. The molecule has 1 heterocycles. The van der Waals surface area contributed by atoms with E-state index in [-0.39, 0.29) is 25.0 Å². The van der Waals surface area contributed by atoms with Gasteiger partial charge in [-0.3, -0.25) is 4.79 Å². The first-order valence-electron chi connectivity index (χ1n) is 17.0. The quantitative estimate of drug-likeness (QED) is 0.125. The van der Waals surface area contributed by atoms with Crippen LogP contribution in [-0.2, 0) is 24.4 Å². The molecule has 0 aliphatic heterocycles. The van der Waals surface area contributed by atoms with Gasteiger partial charge in [-0.05, 0) is 97.7 Å². The molecule has 3 aromatic carbocycles. The minimum atomic E-state index is -0.296. The second kappa shape index (κ2) is 16.1. The normalized spacial score (nSPS) is 14.6. The molecule has 4 N–H and O–H groups in total. The monoisotopic (exact) mass is 609 g/mol. The maximum atomic E-state index is 12.1. The van der Waals surface area contributed by atoms with Crippen LogP contribution in [0, 0.1) is 5.92 Å². The number of anilines is 1. The predicted molar refractivity (Wildman–Crippen MR) is 185 cm³/mol. The van der Waals surface area contributed by atoms with Gasteiger partial charge in [0.25, 0.3) is 0 Å². The maximum absolute atomic E-state index is 12.1. The van der Waals surface area contributed by atoms with Gasteiger partial charge in [0.1, 0.15) is 5.82 Å². The van der Waals surface area contributed by atoms with Gasteiger partial charge in [0, 0.05) is 43.3 Å². The number of amides is 1. The molecule has 7 nitrogen and oxygen atoms in total. The summed E-state index contributed by atoms with van der Waals surface area (Å²) in [6.07, 6.45) is 9.76. The Kier molecular flexibility index (Phi) is 11.7. The fraction of sp³-hybridized carbons (Fsp3) is 0.474. The van der Waals surface area contributed by atoms with Gasteiger partial charge in [-0.25, -0.2) is 4.98 Å². The number of hydrogen-bond donors (Lipinski definition) is 3. The summed E-state index contributed by atoms with van der Waals surface area (Å²) < 4.78 is 2.32. The average molecular weight is 610 g/mol. The Bertz CT molecular complexity index is 1500. The lowest BCUT2D eigenvalue weighted by Gasteiger charge is -2.25. The Morgan fingerprint density at radius 1 is 0.978 bits per heavy atom. The van der Waals surface area contributed by atoms with Gasteiger partial charge in [-0.2, -0.15) is 0 Å². The number of aryl methyl sites for hydroxylation is 2. The molecule has 1 amide bonds. The van der Waals surface area contributed by atoms with Gasteiger partial charge in [-0.15, -0.1) is 0 Å². The number of benzene rings is 3. The smallest absolute Gasteiger partial charge is 0.219 e. The minimum absolute atomic E-state index is 0.0507. The molecule has 7 heteroatoms. The van der Waals surface area contributed by atoms with Crippen LogP contribution >= 0.6 is 0 Å². The van der Waals surface area contributed by atoms with Crippen molar-refractivity contribution >= 4 is 22.6 Å². The third-order valence-corrected chi connectivity index (χ3v) is 9.26. The minimum Gasteiger partial charge on any atom is -0.392 e. The Morgan fingerprint density at radius 2 is 1.67 bits per heavy atom. The highest BCUT2D eigenvalue weighted by molar-refractivity contribution is 5.82. The highest BCUT2D eigenvalue weighted by Crippen LogP contribution is 2.31. The van der Waals surface area contributed by atoms with Gasteiger partial charge in [-0.1, -0.05) is 63.4 Å². The third kappa shape index (κ3) is 8.53. The highest BCUT2D eigenvalue weighted by Gasteiger charge is 2.21. The van der Waals surface area contributed by atoms with Crippen LogP contribution in [0.1, 0.15) is 87.9 Å². The fourth-order valence-corrected chi connectivity index (χ4v) is 6.80. The average Bonchev–Trinajstić information content (AvgIpc) is 3.44. The lowest BCUT2D eigenvalue weighted by Crippen LogP contribution is -2.31. The van der Waals surface area contributed by atoms with Crippen molar-refractivity contribution in [2.75, 3.05) is 24.5 Å². The number of rotatable bonds is 16. The second-order valence-corrected chi connectivity index (χ2v) is 12.7. The van der Waals surface area contributed by atoms with Crippen molar-refractivity contribution in [3.8, 4) is 11.4 Å². The van der Waals surface area contributed by atoms with Crippen LogP contribution in [0.4, 0.5) is 5.69 Å². The van der Waals surface area contributed by atoms with E-state index in [1.165, 1.54) is 43.4 Å². The molecule has 45 heavy (non-hydrogen) atoms. The number of aromatic nitrogens is 2. The first-order chi connectivity index (χ1) is 22.0. The zero-order valence-electron chi connectivity index (χ0n) is 27.2. The molecule has 1 aromatic heterocycles. The van der Waals surface area contributed by atoms with E-state index in [9.17, 15) is 9.90 Å². The Labute approximate surface area is 268 Å². The number of carbonyl (C=O) groups excluding carboxylic acids is 1. The molecule has 1 fully saturated rings. The van der Waals surface area contributed by atoms with Crippen molar-refractivity contribution in [1.82, 2.24) is 14.9 Å². The lowest BCUT2D eigenvalue weighted by atomic mass is 9.89. The number of aliphatic hydroxyl groups is 1. The zero-order valence-corrected chi connectivity index (χ0v) is 27.2. The Morgan fingerprint density at radius 3 is 2.31 bits per heavy atom. The first kappa shape index (κ1) is 32.7. The van der Waals surface area contributed by atoms with Crippen molar-refractivity contribution in [2.24, 2.45) is 11.7 Å². The highest BCUT2D eigenvalue weighted by atomic mass is 16.3. The molecule has 5 rings (SSSR count). The van der Waals surface area contributed by atoms with E-state index in [0.717, 1.165) is 79.0 Å².